The van der Waals surface area contributed by atoms with Gasteiger partial charge in [0.1, 0.15) is 5.15 Å². The molecule has 2 aromatic carbocycles. The van der Waals surface area contributed by atoms with Crippen LogP contribution in [0.2, 0.25) is 10.3 Å². The molecule has 0 aliphatic heterocycles. The van der Waals surface area contributed by atoms with Crippen LogP contribution in [-0.2, 0) is 23.7 Å². The molecule has 1 N–H and O–H groups in total. The summed E-state index contributed by atoms with van der Waals surface area (Å²) in [4.78, 5) is 16.0. The molecule has 1 amide bonds. The first kappa shape index (κ1) is 28.7. The first-order valence-corrected chi connectivity index (χ1v) is 11.2. The minimum Gasteiger partial charge on any atom is -0.376 e. The Kier molecular flexibility index (Phi) is 9.04. The smallest absolute Gasteiger partial charge is 0.376 e. The van der Waals surface area contributed by atoms with Gasteiger partial charge in [0.25, 0.3) is 5.91 Å². The zero-order chi connectivity index (χ0) is 27.4. The van der Waals surface area contributed by atoms with Crippen LogP contribution < -0.4 is 5.32 Å². The predicted molar refractivity (Wildman–Crippen MR) is 122 cm³/mol. The van der Waals surface area contributed by atoms with Gasteiger partial charge in [-0.2, -0.15) is 26.3 Å². The highest BCUT2D eigenvalue weighted by molar-refractivity contribution is 6.34. The van der Waals surface area contributed by atoms with Crippen LogP contribution in [-0.4, -0.2) is 24.0 Å². The van der Waals surface area contributed by atoms with Gasteiger partial charge in [-0.25, -0.2) is 9.37 Å². The molecule has 3 aromatic rings. The van der Waals surface area contributed by atoms with Crippen molar-refractivity contribution in [2.24, 2.45) is 0 Å². The molecule has 198 valence electrons. The maximum atomic E-state index is 13.7. The van der Waals surface area contributed by atoms with Crippen molar-refractivity contribution in [2.75, 3.05) is 13.2 Å². The molecule has 1 heterocycles. The molecule has 13 heteroatoms. The van der Waals surface area contributed by atoms with Gasteiger partial charge in [-0.3, -0.25) is 4.79 Å². The fourth-order valence-corrected chi connectivity index (χ4v) is 3.74. The standard InChI is InChI=1S/C24H17Cl2F7N2O2/c25-20-18(9-19(27)21(26)35-20)22(36)34-10-15(14-4-2-1-3-5-14)12-37-11-13-6-16(23(28,29)30)8-17(7-13)24(31,32)33/h1-9,15H,10-12H2,(H,34,36). The zero-order valence-electron chi connectivity index (χ0n) is 18.6. The van der Waals surface area contributed by atoms with Gasteiger partial charge in [0.15, 0.2) is 11.0 Å². The maximum absolute atomic E-state index is 13.7. The highest BCUT2D eigenvalue weighted by atomic mass is 35.5. The summed E-state index contributed by atoms with van der Waals surface area (Å²) >= 11 is 11.4. The van der Waals surface area contributed by atoms with E-state index in [0.717, 1.165) is 6.07 Å². The molecule has 1 aromatic heterocycles. The highest BCUT2D eigenvalue weighted by Crippen LogP contribution is 2.36. The number of ether oxygens (including phenoxy) is 1. The third kappa shape index (κ3) is 7.80. The molecule has 0 bridgehead atoms. The van der Waals surface area contributed by atoms with E-state index in [1.54, 1.807) is 30.3 Å². The Bertz CT molecular complexity index is 1220. The normalized spacial score (nSPS) is 12.9. The van der Waals surface area contributed by atoms with E-state index in [4.69, 9.17) is 27.9 Å². The van der Waals surface area contributed by atoms with E-state index in [1.165, 1.54) is 0 Å². The molecule has 0 saturated heterocycles. The molecule has 0 saturated carbocycles. The van der Waals surface area contributed by atoms with E-state index in [0.29, 0.717) is 17.7 Å². The van der Waals surface area contributed by atoms with Crippen LogP contribution in [0.4, 0.5) is 30.7 Å². The van der Waals surface area contributed by atoms with Gasteiger partial charge in [0.2, 0.25) is 0 Å². The molecule has 1 atom stereocenters. The number of aromatic nitrogens is 1. The van der Waals surface area contributed by atoms with Crippen molar-refractivity contribution in [3.63, 3.8) is 0 Å². The van der Waals surface area contributed by atoms with Gasteiger partial charge in [-0.1, -0.05) is 53.5 Å². The largest absolute Gasteiger partial charge is 0.416 e. The molecular formula is C24H17Cl2F7N2O2. The molecule has 0 radical (unpaired) electrons. The summed E-state index contributed by atoms with van der Waals surface area (Å²) in [5, 5.41) is 1.70. The number of nitrogens with zero attached hydrogens (tertiary/aromatic N) is 1. The second-order valence-corrected chi connectivity index (χ2v) is 8.56. The number of carbonyl (C=O) groups is 1. The molecular weight excluding hydrogens is 552 g/mol. The first-order chi connectivity index (χ1) is 17.3. The van der Waals surface area contributed by atoms with Crippen LogP contribution in [0.3, 0.4) is 0 Å². The summed E-state index contributed by atoms with van der Waals surface area (Å²) in [7, 11) is 0. The number of hydrogen-bond donors (Lipinski definition) is 1. The van der Waals surface area contributed by atoms with Gasteiger partial charge in [-0.05, 0) is 35.4 Å². The molecule has 0 fully saturated rings. The van der Waals surface area contributed by atoms with Crippen molar-refractivity contribution in [3.8, 4) is 0 Å². The van der Waals surface area contributed by atoms with E-state index >= 15 is 0 Å². The van der Waals surface area contributed by atoms with Crippen molar-refractivity contribution >= 4 is 29.1 Å². The summed E-state index contributed by atoms with van der Waals surface area (Å²) in [6, 6.07) is 10.5. The molecule has 4 nitrogen and oxygen atoms in total. The molecule has 0 aliphatic rings. The van der Waals surface area contributed by atoms with E-state index < -0.39 is 52.9 Å². The number of amides is 1. The minimum atomic E-state index is -4.98. The lowest BCUT2D eigenvalue weighted by Gasteiger charge is -2.19. The minimum absolute atomic E-state index is 0.0331. The lowest BCUT2D eigenvalue weighted by molar-refractivity contribution is -0.143. The van der Waals surface area contributed by atoms with Gasteiger partial charge < -0.3 is 10.1 Å². The van der Waals surface area contributed by atoms with Crippen molar-refractivity contribution in [3.05, 3.63) is 98.5 Å². The molecule has 1 unspecified atom stereocenters. The van der Waals surface area contributed by atoms with Gasteiger partial charge in [0, 0.05) is 12.5 Å². The SMILES string of the molecule is O=C(NCC(COCc1cc(C(F)(F)F)cc(C(F)(F)F)c1)c1ccccc1)c1cc(F)c(Cl)nc1Cl. The number of carbonyl (C=O) groups excluding carboxylic acids is 1. The average Bonchev–Trinajstić information content (AvgIpc) is 2.82. The monoisotopic (exact) mass is 568 g/mol. The zero-order valence-corrected chi connectivity index (χ0v) is 20.1. The second-order valence-electron chi connectivity index (χ2n) is 7.85. The summed E-state index contributed by atoms with van der Waals surface area (Å²) in [6.07, 6.45) is -9.96. The van der Waals surface area contributed by atoms with Gasteiger partial charge in [-0.15, -0.1) is 0 Å². The average molecular weight is 569 g/mol. The van der Waals surface area contributed by atoms with E-state index in [-0.39, 0.29) is 35.5 Å². The number of hydrogen-bond acceptors (Lipinski definition) is 3. The maximum Gasteiger partial charge on any atom is 0.416 e. The quantitative estimate of drug-likeness (QED) is 0.229. The van der Waals surface area contributed by atoms with Crippen LogP contribution in [0, 0.1) is 5.82 Å². The van der Waals surface area contributed by atoms with E-state index in [9.17, 15) is 35.5 Å². The fraction of sp³-hybridized carbons (Fsp3) is 0.250. The van der Waals surface area contributed by atoms with Gasteiger partial charge >= 0.3 is 12.4 Å². The third-order valence-electron chi connectivity index (χ3n) is 5.15. The predicted octanol–water partition coefficient (Wildman–Crippen LogP) is 7.30. The Hall–Kier alpha value is -2.89. The van der Waals surface area contributed by atoms with Crippen molar-refractivity contribution in [2.45, 2.75) is 24.9 Å². The third-order valence-corrected chi connectivity index (χ3v) is 5.70. The Morgan fingerprint density at radius 3 is 2.08 bits per heavy atom. The van der Waals surface area contributed by atoms with E-state index in [1.807, 2.05) is 0 Å². The molecule has 0 aliphatic carbocycles. The Morgan fingerprint density at radius 1 is 0.919 bits per heavy atom. The summed E-state index contributed by atoms with van der Waals surface area (Å²) in [5.74, 6) is -2.30. The topological polar surface area (TPSA) is 51.2 Å². The van der Waals surface area contributed by atoms with Crippen LogP contribution in [0.1, 0.15) is 38.5 Å². The van der Waals surface area contributed by atoms with E-state index in [2.05, 4.69) is 10.3 Å². The molecule has 37 heavy (non-hydrogen) atoms. The van der Waals surface area contributed by atoms with Crippen LogP contribution in [0.5, 0.6) is 0 Å². The van der Waals surface area contributed by atoms with Crippen LogP contribution in [0.15, 0.2) is 54.6 Å². The second kappa shape index (κ2) is 11.7. The number of nitrogens with one attached hydrogen (secondary N) is 1. The molecule has 3 rings (SSSR count). The lowest BCUT2D eigenvalue weighted by atomic mass is 10.00. The van der Waals surface area contributed by atoms with Crippen molar-refractivity contribution in [1.29, 1.82) is 0 Å². The summed E-state index contributed by atoms with van der Waals surface area (Å²) < 4.78 is 97.8. The Balaban J connectivity index is 1.74. The molecule has 0 spiro atoms. The fourth-order valence-electron chi connectivity index (χ4n) is 3.34. The van der Waals surface area contributed by atoms with Crippen LogP contribution >= 0.6 is 23.2 Å². The Labute approximate surface area is 216 Å². The number of rotatable bonds is 8. The van der Waals surface area contributed by atoms with Gasteiger partial charge in [0.05, 0.1) is 29.9 Å². The number of benzene rings is 2. The number of pyridine rings is 1. The lowest BCUT2D eigenvalue weighted by Crippen LogP contribution is -2.30. The number of alkyl halides is 6. The summed E-state index contributed by atoms with van der Waals surface area (Å²) in [6.45, 7) is -0.814. The first-order valence-electron chi connectivity index (χ1n) is 10.5. The number of halogens is 9. The highest BCUT2D eigenvalue weighted by Gasteiger charge is 2.36. The van der Waals surface area contributed by atoms with Crippen LogP contribution in [0.25, 0.3) is 0 Å². The van der Waals surface area contributed by atoms with Crippen molar-refractivity contribution < 1.29 is 40.3 Å². The summed E-state index contributed by atoms with van der Waals surface area (Å²) in [5.41, 5.74) is -2.84. The van der Waals surface area contributed by atoms with Crippen molar-refractivity contribution in [1.82, 2.24) is 10.3 Å². The Morgan fingerprint density at radius 2 is 1.51 bits per heavy atom.